The van der Waals surface area contributed by atoms with Gasteiger partial charge in [-0.2, -0.15) is 4.73 Å². The Morgan fingerprint density at radius 1 is 1.27 bits per heavy atom. The van der Waals surface area contributed by atoms with Crippen LogP contribution in [0.3, 0.4) is 0 Å². The van der Waals surface area contributed by atoms with Gasteiger partial charge in [0.1, 0.15) is 29.7 Å². The van der Waals surface area contributed by atoms with Crippen LogP contribution in [0.25, 0.3) is 11.0 Å². The van der Waals surface area contributed by atoms with Gasteiger partial charge in [-0.15, -0.1) is 0 Å². The molecule has 0 aliphatic heterocycles. The third-order valence-corrected chi connectivity index (χ3v) is 2.07. The molecule has 15 heavy (non-hydrogen) atoms. The SMILES string of the molecule is CCOc1cccc2c1ncn2OCC. The van der Waals surface area contributed by atoms with Crippen molar-refractivity contribution in [3.05, 3.63) is 24.5 Å². The molecule has 4 heteroatoms. The summed E-state index contributed by atoms with van der Waals surface area (Å²) in [6.07, 6.45) is 1.66. The Hall–Kier alpha value is -1.71. The third kappa shape index (κ3) is 1.75. The summed E-state index contributed by atoms with van der Waals surface area (Å²) in [6, 6.07) is 5.81. The number of hydrogen-bond acceptors (Lipinski definition) is 3. The van der Waals surface area contributed by atoms with Crippen LogP contribution in [0.5, 0.6) is 5.75 Å². The molecule has 0 saturated carbocycles. The highest BCUT2D eigenvalue weighted by Gasteiger charge is 2.07. The van der Waals surface area contributed by atoms with E-state index in [1.54, 1.807) is 11.1 Å². The Bertz CT molecular complexity index is 451. The van der Waals surface area contributed by atoms with E-state index in [0.717, 1.165) is 16.8 Å². The van der Waals surface area contributed by atoms with Crippen LogP contribution < -0.4 is 9.57 Å². The van der Waals surface area contributed by atoms with Gasteiger partial charge >= 0.3 is 0 Å². The number of imidazole rings is 1. The number of nitrogens with zero attached hydrogens (tertiary/aromatic N) is 2. The normalized spacial score (nSPS) is 10.5. The maximum absolute atomic E-state index is 5.48. The zero-order valence-electron chi connectivity index (χ0n) is 8.93. The van der Waals surface area contributed by atoms with E-state index in [2.05, 4.69) is 4.98 Å². The second-order valence-electron chi connectivity index (χ2n) is 3.05. The van der Waals surface area contributed by atoms with E-state index in [1.165, 1.54) is 0 Å². The first-order valence-corrected chi connectivity index (χ1v) is 5.09. The van der Waals surface area contributed by atoms with Gasteiger partial charge in [0.25, 0.3) is 0 Å². The molecule has 1 aromatic heterocycles. The molecule has 4 nitrogen and oxygen atoms in total. The molecule has 0 unspecified atom stereocenters. The fourth-order valence-corrected chi connectivity index (χ4v) is 1.50. The number of benzene rings is 1. The number of rotatable bonds is 4. The molecule has 0 bridgehead atoms. The van der Waals surface area contributed by atoms with Gasteiger partial charge in [0.15, 0.2) is 0 Å². The minimum absolute atomic E-state index is 0.615. The van der Waals surface area contributed by atoms with Crippen LogP contribution in [0, 0.1) is 0 Å². The van der Waals surface area contributed by atoms with Gasteiger partial charge in [0.2, 0.25) is 0 Å². The Balaban J connectivity index is 2.48. The van der Waals surface area contributed by atoms with E-state index in [-0.39, 0.29) is 0 Å². The minimum Gasteiger partial charge on any atom is -0.492 e. The van der Waals surface area contributed by atoms with Crippen LogP contribution in [0.15, 0.2) is 24.5 Å². The maximum Gasteiger partial charge on any atom is 0.147 e. The molecule has 1 aromatic carbocycles. The van der Waals surface area contributed by atoms with E-state index >= 15 is 0 Å². The predicted octanol–water partition coefficient (Wildman–Crippen LogP) is 1.88. The molecule has 2 rings (SSSR count). The Morgan fingerprint density at radius 2 is 2.13 bits per heavy atom. The highest BCUT2D eigenvalue weighted by atomic mass is 16.7. The first kappa shape index (κ1) is 9.83. The molecule has 0 N–H and O–H groups in total. The van der Waals surface area contributed by atoms with Crippen molar-refractivity contribution in [3.8, 4) is 5.75 Å². The first-order valence-electron chi connectivity index (χ1n) is 5.09. The van der Waals surface area contributed by atoms with E-state index in [4.69, 9.17) is 9.57 Å². The summed E-state index contributed by atoms with van der Waals surface area (Å²) >= 11 is 0. The molecule has 0 radical (unpaired) electrons. The van der Waals surface area contributed by atoms with E-state index < -0.39 is 0 Å². The lowest BCUT2D eigenvalue weighted by atomic mass is 10.3. The van der Waals surface area contributed by atoms with Crippen molar-refractivity contribution >= 4 is 11.0 Å². The molecular formula is C11H14N2O2. The van der Waals surface area contributed by atoms with Crippen molar-refractivity contribution in [1.29, 1.82) is 0 Å². The second kappa shape index (κ2) is 4.21. The van der Waals surface area contributed by atoms with Crippen LogP contribution >= 0.6 is 0 Å². The molecule has 0 spiro atoms. The lowest BCUT2D eigenvalue weighted by molar-refractivity contribution is 0.131. The van der Waals surface area contributed by atoms with Gasteiger partial charge in [0.05, 0.1) is 6.61 Å². The van der Waals surface area contributed by atoms with Gasteiger partial charge in [-0.1, -0.05) is 6.07 Å². The van der Waals surface area contributed by atoms with Crippen molar-refractivity contribution in [2.24, 2.45) is 0 Å². The maximum atomic E-state index is 5.48. The Morgan fingerprint density at radius 3 is 2.87 bits per heavy atom. The molecule has 0 amide bonds. The molecule has 2 aromatic rings. The van der Waals surface area contributed by atoms with Crippen molar-refractivity contribution in [2.45, 2.75) is 13.8 Å². The van der Waals surface area contributed by atoms with Crippen LogP contribution in [-0.2, 0) is 0 Å². The zero-order chi connectivity index (χ0) is 10.7. The van der Waals surface area contributed by atoms with Gasteiger partial charge in [-0.3, -0.25) is 0 Å². The summed E-state index contributed by atoms with van der Waals surface area (Å²) < 4.78 is 7.14. The Labute approximate surface area is 88.4 Å². The predicted molar refractivity (Wildman–Crippen MR) is 58.0 cm³/mol. The van der Waals surface area contributed by atoms with E-state index in [0.29, 0.717) is 13.2 Å². The highest BCUT2D eigenvalue weighted by molar-refractivity contribution is 5.81. The van der Waals surface area contributed by atoms with Gasteiger partial charge < -0.3 is 9.57 Å². The largest absolute Gasteiger partial charge is 0.492 e. The van der Waals surface area contributed by atoms with Gasteiger partial charge in [-0.25, -0.2) is 4.98 Å². The standard InChI is InChI=1S/C11H14N2O2/c1-3-14-10-7-5-6-9-11(10)12-8-13(9)15-4-2/h5-8H,3-4H2,1-2H3. The summed E-state index contributed by atoms with van der Waals surface area (Å²) in [5.74, 6) is 0.799. The summed E-state index contributed by atoms with van der Waals surface area (Å²) in [5, 5.41) is 0. The van der Waals surface area contributed by atoms with Gasteiger partial charge in [0, 0.05) is 0 Å². The van der Waals surface area contributed by atoms with Crippen molar-refractivity contribution < 1.29 is 9.57 Å². The lowest BCUT2D eigenvalue weighted by Crippen LogP contribution is -2.08. The summed E-state index contributed by atoms with van der Waals surface area (Å²) in [4.78, 5) is 9.66. The smallest absolute Gasteiger partial charge is 0.147 e. The fraction of sp³-hybridized carbons (Fsp3) is 0.364. The second-order valence-corrected chi connectivity index (χ2v) is 3.05. The van der Waals surface area contributed by atoms with Crippen LogP contribution in [0.4, 0.5) is 0 Å². The van der Waals surface area contributed by atoms with Crippen molar-refractivity contribution in [3.63, 3.8) is 0 Å². The number of aromatic nitrogens is 2. The molecule has 0 aliphatic rings. The average Bonchev–Trinajstić information content (AvgIpc) is 2.64. The molecule has 0 saturated heterocycles. The molecule has 1 heterocycles. The minimum atomic E-state index is 0.615. The first-order chi connectivity index (χ1) is 7.36. The molecular weight excluding hydrogens is 192 g/mol. The number of para-hydroxylation sites is 1. The summed E-state index contributed by atoms with van der Waals surface area (Å²) in [6.45, 7) is 5.15. The molecule has 80 valence electrons. The number of ether oxygens (including phenoxy) is 1. The molecule has 0 atom stereocenters. The van der Waals surface area contributed by atoms with E-state index in [1.807, 2.05) is 32.0 Å². The zero-order valence-corrected chi connectivity index (χ0v) is 8.93. The van der Waals surface area contributed by atoms with Crippen LogP contribution in [0.1, 0.15) is 13.8 Å². The number of fused-ring (bicyclic) bond motifs is 1. The lowest BCUT2D eigenvalue weighted by Gasteiger charge is -2.05. The van der Waals surface area contributed by atoms with Crippen LogP contribution in [-0.4, -0.2) is 22.9 Å². The average molecular weight is 206 g/mol. The van der Waals surface area contributed by atoms with Gasteiger partial charge in [-0.05, 0) is 26.0 Å². The van der Waals surface area contributed by atoms with Crippen LogP contribution in [0.2, 0.25) is 0 Å². The third-order valence-electron chi connectivity index (χ3n) is 2.07. The fourth-order valence-electron chi connectivity index (χ4n) is 1.50. The summed E-state index contributed by atoms with van der Waals surface area (Å²) in [7, 11) is 0. The van der Waals surface area contributed by atoms with E-state index in [9.17, 15) is 0 Å². The Kier molecular flexibility index (Phi) is 2.76. The van der Waals surface area contributed by atoms with Crippen molar-refractivity contribution in [2.75, 3.05) is 13.2 Å². The monoisotopic (exact) mass is 206 g/mol. The quantitative estimate of drug-likeness (QED) is 0.766. The number of hydrogen-bond donors (Lipinski definition) is 0. The summed E-state index contributed by atoms with van der Waals surface area (Å²) in [5.41, 5.74) is 1.77. The molecule has 0 aliphatic carbocycles. The topological polar surface area (TPSA) is 36.3 Å². The molecule has 0 fully saturated rings. The highest BCUT2D eigenvalue weighted by Crippen LogP contribution is 2.23. The van der Waals surface area contributed by atoms with Crippen molar-refractivity contribution in [1.82, 2.24) is 9.71 Å².